The molecule has 2 aliphatic rings. The van der Waals surface area contributed by atoms with Crippen LogP contribution in [-0.4, -0.2) is 78.0 Å². The summed E-state index contributed by atoms with van der Waals surface area (Å²) in [7, 11) is 2.02. The lowest BCUT2D eigenvalue weighted by Crippen LogP contribution is -2.51. The number of nitrogens with zero attached hydrogens (tertiary/aromatic N) is 3. The summed E-state index contributed by atoms with van der Waals surface area (Å²) < 4.78 is 5.84. The largest absolute Gasteiger partial charge is 0.444 e. The first-order valence-electron chi connectivity index (χ1n) is 12.9. The van der Waals surface area contributed by atoms with Crippen molar-refractivity contribution < 1.29 is 14.6 Å². The Morgan fingerprint density at radius 1 is 1.06 bits per heavy atom. The second kappa shape index (κ2) is 11.0. The zero-order valence-corrected chi connectivity index (χ0v) is 21.6. The predicted molar refractivity (Wildman–Crippen MR) is 141 cm³/mol. The highest BCUT2D eigenvalue weighted by molar-refractivity contribution is 5.70. The quantitative estimate of drug-likeness (QED) is 0.593. The molecule has 1 heterocycles. The first-order chi connectivity index (χ1) is 16.7. The SMILES string of the molecule is CN(CC(O)CN1CCC(N(C(=O)OC(C)(C)C)C2CC2c2ccccc2)CC1)c1ccccc1. The van der Waals surface area contributed by atoms with Crippen LogP contribution in [0.3, 0.4) is 0 Å². The number of aliphatic hydroxyl groups excluding tert-OH is 1. The molecule has 0 bridgehead atoms. The van der Waals surface area contributed by atoms with Gasteiger partial charge in [-0.25, -0.2) is 4.79 Å². The third-order valence-electron chi connectivity index (χ3n) is 7.05. The normalized spacial score (nSPS) is 21.9. The van der Waals surface area contributed by atoms with Crippen LogP contribution in [0.5, 0.6) is 0 Å². The fourth-order valence-corrected chi connectivity index (χ4v) is 5.26. The molecule has 3 unspecified atom stereocenters. The van der Waals surface area contributed by atoms with Crippen molar-refractivity contribution in [3.63, 3.8) is 0 Å². The summed E-state index contributed by atoms with van der Waals surface area (Å²) >= 11 is 0. The summed E-state index contributed by atoms with van der Waals surface area (Å²) in [5.41, 5.74) is 1.90. The van der Waals surface area contributed by atoms with Crippen LogP contribution in [-0.2, 0) is 4.74 Å². The number of β-amino-alcohol motifs (C(OH)–C–C–N with tert-alkyl or cyclic N) is 1. The van der Waals surface area contributed by atoms with Crippen LogP contribution in [0.4, 0.5) is 10.5 Å². The molecule has 1 amide bonds. The van der Waals surface area contributed by atoms with Crippen molar-refractivity contribution in [1.82, 2.24) is 9.80 Å². The predicted octanol–water partition coefficient (Wildman–Crippen LogP) is 4.74. The number of piperidine rings is 1. The van der Waals surface area contributed by atoms with E-state index in [-0.39, 0.29) is 18.2 Å². The van der Waals surface area contributed by atoms with E-state index >= 15 is 0 Å². The molecule has 0 aromatic heterocycles. The Labute approximate surface area is 210 Å². The van der Waals surface area contributed by atoms with Gasteiger partial charge in [0.2, 0.25) is 0 Å². The van der Waals surface area contributed by atoms with Crippen LogP contribution >= 0.6 is 0 Å². The number of para-hydroxylation sites is 1. The highest BCUT2D eigenvalue weighted by atomic mass is 16.6. The molecule has 1 aliphatic carbocycles. The minimum Gasteiger partial charge on any atom is -0.444 e. The van der Waals surface area contributed by atoms with Crippen molar-refractivity contribution in [2.75, 3.05) is 38.1 Å². The summed E-state index contributed by atoms with van der Waals surface area (Å²) in [6.07, 6.45) is 2.18. The monoisotopic (exact) mass is 479 g/mol. The van der Waals surface area contributed by atoms with Crippen LogP contribution in [0.15, 0.2) is 60.7 Å². The van der Waals surface area contributed by atoms with Gasteiger partial charge < -0.3 is 24.5 Å². The third-order valence-corrected chi connectivity index (χ3v) is 7.05. The lowest BCUT2D eigenvalue weighted by molar-refractivity contribution is 0.00278. The number of anilines is 1. The van der Waals surface area contributed by atoms with Gasteiger partial charge in [0.05, 0.1) is 6.10 Å². The number of amides is 1. The average molecular weight is 480 g/mol. The number of likely N-dealkylation sites (N-methyl/N-ethyl adjacent to an activating group) is 1. The first-order valence-corrected chi connectivity index (χ1v) is 12.9. The maximum atomic E-state index is 13.3. The lowest BCUT2D eigenvalue weighted by atomic mass is 10.0. The molecule has 2 aromatic carbocycles. The number of benzene rings is 2. The fraction of sp³-hybridized carbons (Fsp3) is 0.552. The average Bonchev–Trinajstić information content (AvgIpc) is 3.60. The Morgan fingerprint density at radius 2 is 1.66 bits per heavy atom. The van der Waals surface area contributed by atoms with Crippen LogP contribution < -0.4 is 4.90 Å². The van der Waals surface area contributed by atoms with Gasteiger partial charge in [-0.05, 0) is 57.7 Å². The van der Waals surface area contributed by atoms with Gasteiger partial charge in [0.25, 0.3) is 0 Å². The van der Waals surface area contributed by atoms with Crippen LogP contribution in [0, 0.1) is 0 Å². The van der Waals surface area contributed by atoms with Gasteiger partial charge >= 0.3 is 6.09 Å². The molecule has 1 aliphatic heterocycles. The zero-order chi connectivity index (χ0) is 25.0. The van der Waals surface area contributed by atoms with E-state index < -0.39 is 11.7 Å². The smallest absolute Gasteiger partial charge is 0.410 e. The van der Waals surface area contributed by atoms with Crippen molar-refractivity contribution in [2.24, 2.45) is 0 Å². The molecule has 0 radical (unpaired) electrons. The van der Waals surface area contributed by atoms with E-state index in [1.807, 2.05) is 57.0 Å². The molecule has 3 atom stereocenters. The van der Waals surface area contributed by atoms with Gasteiger partial charge in [-0.1, -0.05) is 48.5 Å². The van der Waals surface area contributed by atoms with E-state index in [1.54, 1.807) is 0 Å². The Morgan fingerprint density at radius 3 is 2.26 bits per heavy atom. The van der Waals surface area contributed by atoms with Gasteiger partial charge in [-0.3, -0.25) is 0 Å². The number of rotatable bonds is 8. The van der Waals surface area contributed by atoms with Crippen molar-refractivity contribution in [3.8, 4) is 0 Å². The zero-order valence-electron chi connectivity index (χ0n) is 21.6. The van der Waals surface area contributed by atoms with E-state index in [0.717, 1.165) is 38.0 Å². The number of aliphatic hydroxyl groups is 1. The minimum atomic E-state index is -0.512. The van der Waals surface area contributed by atoms with E-state index in [1.165, 1.54) is 5.56 Å². The molecule has 35 heavy (non-hydrogen) atoms. The molecule has 190 valence electrons. The van der Waals surface area contributed by atoms with Crippen molar-refractivity contribution in [2.45, 2.75) is 69.7 Å². The van der Waals surface area contributed by atoms with Crippen LogP contribution in [0.25, 0.3) is 0 Å². The number of carbonyl (C=O) groups excluding carboxylic acids is 1. The summed E-state index contributed by atoms with van der Waals surface area (Å²) in [5.74, 6) is 0.386. The third kappa shape index (κ3) is 6.98. The molecule has 1 saturated heterocycles. The molecule has 2 aromatic rings. The second-order valence-electron chi connectivity index (χ2n) is 11.1. The van der Waals surface area contributed by atoms with Crippen LogP contribution in [0.1, 0.15) is 51.5 Å². The molecule has 0 spiro atoms. The minimum absolute atomic E-state index is 0.170. The number of hydrogen-bond acceptors (Lipinski definition) is 5. The summed E-state index contributed by atoms with van der Waals surface area (Å²) in [6, 6.07) is 21.0. The van der Waals surface area contributed by atoms with Gasteiger partial charge in [0, 0.05) is 56.9 Å². The lowest BCUT2D eigenvalue weighted by Gasteiger charge is -2.40. The second-order valence-corrected chi connectivity index (χ2v) is 11.1. The van der Waals surface area contributed by atoms with Gasteiger partial charge in [0.1, 0.15) is 5.60 Å². The summed E-state index contributed by atoms with van der Waals surface area (Å²) in [5, 5.41) is 10.7. The highest BCUT2D eigenvalue weighted by Crippen LogP contribution is 2.46. The van der Waals surface area contributed by atoms with Crippen LogP contribution in [0.2, 0.25) is 0 Å². The maximum Gasteiger partial charge on any atom is 0.410 e. The topological polar surface area (TPSA) is 56.2 Å². The molecular formula is C29H41N3O3. The van der Waals surface area contributed by atoms with Crippen molar-refractivity contribution in [3.05, 3.63) is 66.2 Å². The number of likely N-dealkylation sites (tertiary alicyclic amines) is 1. The van der Waals surface area contributed by atoms with Gasteiger partial charge in [-0.2, -0.15) is 0 Å². The molecule has 6 heteroatoms. The highest BCUT2D eigenvalue weighted by Gasteiger charge is 2.48. The molecular weight excluding hydrogens is 438 g/mol. The number of ether oxygens (including phenoxy) is 1. The molecule has 6 nitrogen and oxygen atoms in total. The Bertz CT molecular complexity index is 939. The van der Waals surface area contributed by atoms with Gasteiger partial charge in [0.15, 0.2) is 0 Å². The summed E-state index contributed by atoms with van der Waals surface area (Å²) in [4.78, 5) is 19.7. The van der Waals surface area contributed by atoms with E-state index in [0.29, 0.717) is 19.0 Å². The Hall–Kier alpha value is -2.57. The van der Waals surface area contributed by atoms with E-state index in [9.17, 15) is 9.90 Å². The fourth-order valence-electron chi connectivity index (χ4n) is 5.26. The standard InChI is InChI=1S/C29H41N3O3/c1-29(2,3)35-28(34)32(27-19-26(27)22-11-7-5-8-12-22)24-15-17-31(18-16-24)21-25(33)20-30(4)23-13-9-6-10-14-23/h5-14,24-27,33H,15-21H2,1-4H3. The molecule has 1 saturated carbocycles. The van der Waals surface area contributed by atoms with Crippen molar-refractivity contribution >= 4 is 11.8 Å². The summed E-state index contributed by atoms with van der Waals surface area (Å²) in [6.45, 7) is 8.78. The molecule has 4 rings (SSSR count). The Balaban J connectivity index is 1.33. The number of hydrogen-bond donors (Lipinski definition) is 1. The Kier molecular flexibility index (Phi) is 8.02. The van der Waals surface area contributed by atoms with E-state index in [4.69, 9.17) is 4.74 Å². The van der Waals surface area contributed by atoms with Crippen molar-refractivity contribution in [1.29, 1.82) is 0 Å². The molecule has 2 fully saturated rings. The van der Waals surface area contributed by atoms with E-state index in [2.05, 4.69) is 46.2 Å². The van der Waals surface area contributed by atoms with Gasteiger partial charge in [-0.15, -0.1) is 0 Å². The number of carbonyl (C=O) groups is 1. The molecule has 1 N–H and O–H groups in total. The first kappa shape index (κ1) is 25.5. The maximum absolute atomic E-state index is 13.3.